The summed E-state index contributed by atoms with van der Waals surface area (Å²) in [4.78, 5) is 15.6. The van der Waals surface area contributed by atoms with E-state index in [1.54, 1.807) is 18.2 Å². The molecule has 1 amide bonds. The van der Waals surface area contributed by atoms with Gasteiger partial charge >= 0.3 is 0 Å². The molecule has 2 rings (SSSR count). The normalized spacial score (nSPS) is 16.1. The van der Waals surface area contributed by atoms with Gasteiger partial charge in [0.2, 0.25) is 0 Å². The van der Waals surface area contributed by atoms with Gasteiger partial charge in [-0.25, -0.2) is 4.98 Å². The van der Waals surface area contributed by atoms with Crippen LogP contribution in [-0.4, -0.2) is 17.4 Å². The van der Waals surface area contributed by atoms with Crippen LogP contribution in [0.1, 0.15) is 30.3 Å². The van der Waals surface area contributed by atoms with Crippen molar-refractivity contribution < 1.29 is 4.79 Å². The fourth-order valence-corrected chi connectivity index (χ4v) is 1.35. The number of hydrogen-bond donors (Lipinski definition) is 2. The van der Waals surface area contributed by atoms with Crippen molar-refractivity contribution in [3.63, 3.8) is 0 Å². The topological polar surface area (TPSA) is 68.0 Å². The third kappa shape index (κ3) is 3.10. The molecule has 1 aliphatic rings. The van der Waals surface area contributed by atoms with Gasteiger partial charge in [0.1, 0.15) is 11.5 Å². The highest BCUT2D eigenvalue weighted by Crippen LogP contribution is 2.44. The van der Waals surface area contributed by atoms with E-state index in [-0.39, 0.29) is 18.3 Å². The number of amides is 1. The summed E-state index contributed by atoms with van der Waals surface area (Å²) in [7, 11) is 0. The van der Waals surface area contributed by atoms with Gasteiger partial charge in [0.25, 0.3) is 5.91 Å². The Morgan fingerprint density at radius 1 is 1.56 bits per heavy atom. The molecule has 1 aromatic rings. The fourth-order valence-electron chi connectivity index (χ4n) is 1.35. The van der Waals surface area contributed by atoms with Gasteiger partial charge in [0.15, 0.2) is 0 Å². The molecule has 1 saturated carbocycles. The molecule has 0 atom stereocenters. The summed E-state index contributed by atoms with van der Waals surface area (Å²) < 4.78 is 0. The Balaban J connectivity index is 0.00000128. The van der Waals surface area contributed by atoms with E-state index < -0.39 is 0 Å². The molecule has 88 valence electrons. The van der Waals surface area contributed by atoms with E-state index in [0.717, 1.165) is 6.54 Å². The lowest BCUT2D eigenvalue weighted by molar-refractivity contribution is 0.0941. The molecular weight excluding hydrogens is 226 g/mol. The molecule has 0 radical (unpaired) electrons. The number of carbonyl (C=O) groups excluding carboxylic acids is 1. The van der Waals surface area contributed by atoms with Crippen molar-refractivity contribution in [3.8, 4) is 0 Å². The fraction of sp³-hybridized carbons (Fsp3) is 0.455. The lowest BCUT2D eigenvalue weighted by Crippen LogP contribution is -2.29. The molecule has 16 heavy (non-hydrogen) atoms. The van der Waals surface area contributed by atoms with Crippen LogP contribution in [-0.2, 0) is 0 Å². The first kappa shape index (κ1) is 12.8. The maximum absolute atomic E-state index is 11.6. The maximum Gasteiger partial charge on any atom is 0.269 e. The average molecular weight is 242 g/mol. The minimum absolute atomic E-state index is 0. The number of nitrogens with one attached hydrogen (secondary N) is 1. The van der Waals surface area contributed by atoms with E-state index in [1.165, 1.54) is 12.8 Å². The zero-order chi connectivity index (χ0) is 10.9. The molecule has 0 bridgehead atoms. The second-order valence-electron chi connectivity index (χ2n) is 4.44. The summed E-state index contributed by atoms with van der Waals surface area (Å²) in [6, 6.07) is 5.07. The van der Waals surface area contributed by atoms with E-state index in [9.17, 15) is 4.79 Å². The Kier molecular flexibility index (Phi) is 3.75. The number of nitrogen functional groups attached to an aromatic ring is 1. The van der Waals surface area contributed by atoms with Crippen LogP contribution in [0.25, 0.3) is 0 Å². The summed E-state index contributed by atoms with van der Waals surface area (Å²) in [5.41, 5.74) is 6.20. The quantitative estimate of drug-likeness (QED) is 0.845. The minimum Gasteiger partial charge on any atom is -0.384 e. The van der Waals surface area contributed by atoms with Gasteiger partial charge in [0.05, 0.1) is 0 Å². The van der Waals surface area contributed by atoms with Crippen LogP contribution < -0.4 is 11.1 Å². The van der Waals surface area contributed by atoms with Gasteiger partial charge in [-0.15, -0.1) is 12.4 Å². The molecule has 4 nitrogen and oxygen atoms in total. The monoisotopic (exact) mass is 241 g/mol. The first-order chi connectivity index (χ1) is 7.09. The number of nitrogens with zero attached hydrogens (tertiary/aromatic N) is 1. The van der Waals surface area contributed by atoms with Crippen molar-refractivity contribution in [3.05, 3.63) is 23.9 Å². The van der Waals surface area contributed by atoms with E-state index in [0.29, 0.717) is 16.9 Å². The molecular formula is C11H16ClN3O. The van der Waals surface area contributed by atoms with Crippen LogP contribution in [0.3, 0.4) is 0 Å². The third-order valence-electron chi connectivity index (χ3n) is 2.78. The third-order valence-corrected chi connectivity index (χ3v) is 2.78. The number of rotatable bonds is 3. The molecule has 1 aliphatic carbocycles. The van der Waals surface area contributed by atoms with Crippen LogP contribution in [0.2, 0.25) is 0 Å². The van der Waals surface area contributed by atoms with Crippen LogP contribution >= 0.6 is 12.4 Å². The van der Waals surface area contributed by atoms with Crippen LogP contribution in [0, 0.1) is 5.41 Å². The number of carbonyl (C=O) groups is 1. The average Bonchev–Trinajstić information content (AvgIpc) is 2.94. The van der Waals surface area contributed by atoms with Gasteiger partial charge in [0, 0.05) is 6.54 Å². The first-order valence-electron chi connectivity index (χ1n) is 5.10. The van der Waals surface area contributed by atoms with Gasteiger partial charge < -0.3 is 11.1 Å². The molecule has 1 fully saturated rings. The highest BCUT2D eigenvalue weighted by Gasteiger charge is 2.37. The SMILES string of the molecule is CC1(CNC(=O)c2cccc(N)n2)CC1.Cl. The molecule has 3 N–H and O–H groups in total. The molecule has 5 heteroatoms. The Hall–Kier alpha value is -1.29. The van der Waals surface area contributed by atoms with Gasteiger partial charge in [-0.1, -0.05) is 13.0 Å². The maximum atomic E-state index is 11.6. The van der Waals surface area contributed by atoms with Crippen molar-refractivity contribution in [1.82, 2.24) is 10.3 Å². The largest absolute Gasteiger partial charge is 0.384 e. The Morgan fingerprint density at radius 2 is 2.25 bits per heavy atom. The number of halogens is 1. The van der Waals surface area contributed by atoms with E-state index >= 15 is 0 Å². The summed E-state index contributed by atoms with van der Waals surface area (Å²) >= 11 is 0. The highest BCUT2D eigenvalue weighted by atomic mass is 35.5. The first-order valence-corrected chi connectivity index (χ1v) is 5.10. The van der Waals surface area contributed by atoms with Crippen molar-refractivity contribution in [2.75, 3.05) is 12.3 Å². The second-order valence-corrected chi connectivity index (χ2v) is 4.44. The van der Waals surface area contributed by atoms with E-state index in [1.807, 2.05) is 0 Å². The lowest BCUT2D eigenvalue weighted by atomic mass is 10.1. The van der Waals surface area contributed by atoms with Crippen molar-refractivity contribution in [2.45, 2.75) is 19.8 Å². The number of nitrogens with two attached hydrogens (primary N) is 1. The Morgan fingerprint density at radius 3 is 2.81 bits per heavy atom. The Bertz CT molecular complexity index is 391. The molecule has 0 spiro atoms. The van der Waals surface area contributed by atoms with E-state index in [4.69, 9.17) is 5.73 Å². The van der Waals surface area contributed by atoms with Crippen LogP contribution in [0.4, 0.5) is 5.82 Å². The standard InChI is InChI=1S/C11H15N3O.ClH/c1-11(5-6-11)7-13-10(15)8-3-2-4-9(12)14-8;/h2-4H,5-7H2,1H3,(H2,12,14)(H,13,15);1H. The Labute approximate surface area is 101 Å². The predicted molar refractivity (Wildman–Crippen MR) is 65.6 cm³/mol. The summed E-state index contributed by atoms with van der Waals surface area (Å²) in [6.07, 6.45) is 2.38. The molecule has 0 unspecified atom stereocenters. The molecule has 0 aromatic carbocycles. The second kappa shape index (κ2) is 4.70. The zero-order valence-electron chi connectivity index (χ0n) is 9.19. The number of hydrogen-bond acceptors (Lipinski definition) is 3. The zero-order valence-corrected chi connectivity index (χ0v) is 10.0. The predicted octanol–water partition coefficient (Wildman–Crippen LogP) is 1.62. The van der Waals surface area contributed by atoms with Crippen LogP contribution in [0.15, 0.2) is 18.2 Å². The highest BCUT2D eigenvalue weighted by molar-refractivity contribution is 5.92. The molecule has 0 saturated heterocycles. The molecule has 1 heterocycles. The van der Waals surface area contributed by atoms with E-state index in [2.05, 4.69) is 17.2 Å². The van der Waals surface area contributed by atoms with Crippen molar-refractivity contribution in [2.24, 2.45) is 5.41 Å². The van der Waals surface area contributed by atoms with Crippen molar-refractivity contribution in [1.29, 1.82) is 0 Å². The molecule has 1 aromatic heterocycles. The number of aromatic nitrogens is 1. The summed E-state index contributed by atoms with van der Waals surface area (Å²) in [5, 5.41) is 2.87. The number of pyridine rings is 1. The van der Waals surface area contributed by atoms with Gasteiger partial charge in [-0.3, -0.25) is 4.79 Å². The molecule has 0 aliphatic heterocycles. The smallest absolute Gasteiger partial charge is 0.269 e. The van der Waals surface area contributed by atoms with Gasteiger partial charge in [-0.2, -0.15) is 0 Å². The summed E-state index contributed by atoms with van der Waals surface area (Å²) in [6.45, 7) is 2.89. The number of anilines is 1. The minimum atomic E-state index is -0.143. The van der Waals surface area contributed by atoms with Gasteiger partial charge in [-0.05, 0) is 30.4 Å². The summed E-state index contributed by atoms with van der Waals surface area (Å²) in [5.74, 6) is 0.232. The van der Waals surface area contributed by atoms with Crippen LogP contribution in [0.5, 0.6) is 0 Å². The lowest BCUT2D eigenvalue weighted by Gasteiger charge is -2.09. The van der Waals surface area contributed by atoms with Crippen molar-refractivity contribution >= 4 is 24.1 Å².